The van der Waals surface area contributed by atoms with Crippen molar-refractivity contribution in [2.24, 2.45) is 0 Å². The van der Waals surface area contributed by atoms with Crippen LogP contribution in [0.5, 0.6) is 0 Å². The average Bonchev–Trinajstić information content (AvgIpc) is 3.02. The van der Waals surface area contributed by atoms with Gasteiger partial charge in [-0.15, -0.1) is 0 Å². The Labute approximate surface area is 133 Å². The number of aromatic carboxylic acids is 1. The van der Waals surface area contributed by atoms with Crippen molar-refractivity contribution >= 4 is 5.97 Å². The van der Waals surface area contributed by atoms with E-state index in [1.54, 1.807) is 30.7 Å². The smallest absolute Gasteiger partial charge is 0.336 e. The number of aromatic nitrogens is 2. The molecule has 0 atom stereocenters. The van der Waals surface area contributed by atoms with E-state index in [0.29, 0.717) is 12.1 Å². The minimum absolute atomic E-state index is 0.0515. The molecule has 1 aromatic heterocycles. The molecule has 0 unspecified atom stereocenters. The Balaban J connectivity index is 1.87. The molecule has 0 spiro atoms. The molecule has 0 fully saturated rings. The lowest BCUT2D eigenvalue weighted by atomic mass is 9.99. The van der Waals surface area contributed by atoms with Gasteiger partial charge in [0, 0.05) is 6.54 Å². The van der Waals surface area contributed by atoms with Gasteiger partial charge in [-0.05, 0) is 22.8 Å². The fraction of sp³-hybridized carbons (Fsp3) is 0.111. The maximum absolute atomic E-state index is 11.3. The quantitative estimate of drug-likeness (QED) is 0.760. The van der Waals surface area contributed by atoms with E-state index in [2.05, 4.69) is 4.98 Å². The number of carbonyl (C=O) groups is 1. The first-order valence-electron chi connectivity index (χ1n) is 7.20. The van der Waals surface area contributed by atoms with Gasteiger partial charge in [0.2, 0.25) is 0 Å². The van der Waals surface area contributed by atoms with Crippen molar-refractivity contribution < 1.29 is 15.0 Å². The highest BCUT2D eigenvalue weighted by molar-refractivity contribution is 5.95. The van der Waals surface area contributed by atoms with Crippen molar-refractivity contribution in [2.75, 3.05) is 0 Å². The molecule has 5 heteroatoms. The Morgan fingerprint density at radius 3 is 2.52 bits per heavy atom. The second kappa shape index (κ2) is 6.46. The van der Waals surface area contributed by atoms with Crippen LogP contribution in [-0.4, -0.2) is 25.7 Å². The molecule has 3 rings (SSSR count). The number of rotatable bonds is 5. The molecular formula is C18H16N2O3. The van der Waals surface area contributed by atoms with E-state index in [1.165, 1.54) is 0 Å². The van der Waals surface area contributed by atoms with Gasteiger partial charge in [0.15, 0.2) is 0 Å². The molecule has 2 N–H and O–H groups in total. The van der Waals surface area contributed by atoms with E-state index in [0.717, 1.165) is 16.8 Å². The van der Waals surface area contributed by atoms with Crippen molar-refractivity contribution in [1.29, 1.82) is 0 Å². The first kappa shape index (κ1) is 15.0. The number of benzene rings is 2. The van der Waals surface area contributed by atoms with Crippen LogP contribution in [-0.2, 0) is 13.2 Å². The summed E-state index contributed by atoms with van der Waals surface area (Å²) in [6, 6.07) is 14.7. The number of nitrogens with zero attached hydrogens (tertiary/aromatic N) is 2. The summed E-state index contributed by atoms with van der Waals surface area (Å²) in [6.45, 7) is 0.556. The molecule has 3 aromatic rings. The lowest BCUT2D eigenvalue weighted by Crippen LogP contribution is -2.03. The summed E-state index contributed by atoms with van der Waals surface area (Å²) in [5, 5.41) is 18.5. The summed E-state index contributed by atoms with van der Waals surface area (Å²) in [4.78, 5) is 15.3. The molecule has 0 bridgehead atoms. The van der Waals surface area contributed by atoms with Crippen LogP contribution in [0.2, 0.25) is 0 Å². The molecule has 0 aliphatic carbocycles. The van der Waals surface area contributed by atoms with Crippen molar-refractivity contribution in [3.8, 4) is 11.1 Å². The van der Waals surface area contributed by atoms with Crippen LogP contribution >= 0.6 is 0 Å². The SMILES string of the molecule is O=C(O)c1ccccc1-c1ccc(Cn2cncc2CO)cc1. The van der Waals surface area contributed by atoms with Gasteiger partial charge in [-0.2, -0.15) is 0 Å². The molecule has 5 nitrogen and oxygen atoms in total. The molecule has 0 saturated carbocycles. The van der Waals surface area contributed by atoms with Crippen molar-refractivity contribution in [2.45, 2.75) is 13.2 Å². The first-order valence-corrected chi connectivity index (χ1v) is 7.20. The second-order valence-electron chi connectivity index (χ2n) is 5.22. The second-order valence-corrected chi connectivity index (χ2v) is 5.22. The zero-order valence-electron chi connectivity index (χ0n) is 12.4. The highest BCUT2D eigenvalue weighted by Crippen LogP contribution is 2.24. The Kier molecular flexibility index (Phi) is 4.21. The van der Waals surface area contributed by atoms with Crippen molar-refractivity contribution in [1.82, 2.24) is 9.55 Å². The molecule has 23 heavy (non-hydrogen) atoms. The third-order valence-corrected chi connectivity index (χ3v) is 3.74. The van der Waals surface area contributed by atoms with Crippen LogP contribution in [0.3, 0.4) is 0 Å². The van der Waals surface area contributed by atoms with Crippen LogP contribution < -0.4 is 0 Å². The number of aliphatic hydroxyl groups is 1. The molecular weight excluding hydrogens is 292 g/mol. The lowest BCUT2D eigenvalue weighted by molar-refractivity contribution is 0.0697. The van der Waals surface area contributed by atoms with Gasteiger partial charge in [-0.1, -0.05) is 42.5 Å². The average molecular weight is 308 g/mol. The summed E-state index contributed by atoms with van der Waals surface area (Å²) in [6.07, 6.45) is 3.32. The lowest BCUT2D eigenvalue weighted by Gasteiger charge is -2.09. The molecule has 1 heterocycles. The van der Waals surface area contributed by atoms with Gasteiger partial charge in [-0.25, -0.2) is 9.78 Å². The highest BCUT2D eigenvalue weighted by atomic mass is 16.4. The summed E-state index contributed by atoms with van der Waals surface area (Å²) in [7, 11) is 0. The van der Waals surface area contributed by atoms with E-state index in [1.807, 2.05) is 34.9 Å². The summed E-state index contributed by atoms with van der Waals surface area (Å²) in [5.74, 6) is -0.935. The van der Waals surface area contributed by atoms with Crippen LogP contribution in [0.15, 0.2) is 61.1 Å². The largest absolute Gasteiger partial charge is 0.478 e. The van der Waals surface area contributed by atoms with Gasteiger partial charge < -0.3 is 14.8 Å². The Bertz CT molecular complexity index is 822. The molecule has 0 radical (unpaired) electrons. The zero-order valence-corrected chi connectivity index (χ0v) is 12.4. The number of hydrogen-bond donors (Lipinski definition) is 2. The van der Waals surface area contributed by atoms with Gasteiger partial charge in [0.1, 0.15) is 0 Å². The van der Waals surface area contributed by atoms with Gasteiger partial charge in [0.25, 0.3) is 0 Å². The van der Waals surface area contributed by atoms with Crippen LogP contribution in [0, 0.1) is 0 Å². The molecule has 0 aliphatic heterocycles. The minimum Gasteiger partial charge on any atom is -0.478 e. The van der Waals surface area contributed by atoms with Crippen LogP contribution in [0.1, 0.15) is 21.6 Å². The predicted molar refractivity (Wildman–Crippen MR) is 86.1 cm³/mol. The first-order chi connectivity index (χ1) is 11.2. The summed E-state index contributed by atoms with van der Waals surface area (Å²) in [5.41, 5.74) is 3.65. The minimum atomic E-state index is -0.935. The molecule has 0 aliphatic rings. The van der Waals surface area contributed by atoms with Crippen LogP contribution in [0.25, 0.3) is 11.1 Å². The molecule has 0 saturated heterocycles. The Morgan fingerprint density at radius 1 is 1.09 bits per heavy atom. The maximum Gasteiger partial charge on any atom is 0.336 e. The van der Waals surface area contributed by atoms with Crippen molar-refractivity contribution in [3.05, 3.63) is 77.9 Å². The Hall–Kier alpha value is -2.92. The van der Waals surface area contributed by atoms with E-state index >= 15 is 0 Å². The molecule has 0 amide bonds. The van der Waals surface area contributed by atoms with E-state index in [4.69, 9.17) is 0 Å². The number of imidazole rings is 1. The van der Waals surface area contributed by atoms with E-state index in [-0.39, 0.29) is 12.2 Å². The number of aliphatic hydroxyl groups excluding tert-OH is 1. The topological polar surface area (TPSA) is 75.3 Å². The normalized spacial score (nSPS) is 10.7. The monoisotopic (exact) mass is 308 g/mol. The van der Waals surface area contributed by atoms with Gasteiger partial charge in [-0.3, -0.25) is 0 Å². The van der Waals surface area contributed by atoms with E-state index < -0.39 is 5.97 Å². The fourth-order valence-electron chi connectivity index (χ4n) is 2.53. The number of carboxylic acid groups (broad SMARTS) is 1. The summed E-state index contributed by atoms with van der Waals surface area (Å²) >= 11 is 0. The van der Waals surface area contributed by atoms with Gasteiger partial charge >= 0.3 is 5.97 Å². The summed E-state index contributed by atoms with van der Waals surface area (Å²) < 4.78 is 1.88. The number of carboxylic acids is 1. The zero-order chi connectivity index (χ0) is 16.2. The molecule has 116 valence electrons. The molecule has 2 aromatic carbocycles. The van der Waals surface area contributed by atoms with Crippen molar-refractivity contribution in [3.63, 3.8) is 0 Å². The van der Waals surface area contributed by atoms with Gasteiger partial charge in [0.05, 0.1) is 30.4 Å². The van der Waals surface area contributed by atoms with E-state index in [9.17, 15) is 15.0 Å². The third kappa shape index (κ3) is 3.14. The number of hydrogen-bond acceptors (Lipinski definition) is 3. The van der Waals surface area contributed by atoms with Crippen LogP contribution in [0.4, 0.5) is 0 Å². The highest BCUT2D eigenvalue weighted by Gasteiger charge is 2.10. The third-order valence-electron chi connectivity index (χ3n) is 3.74. The fourth-order valence-corrected chi connectivity index (χ4v) is 2.53. The standard InChI is InChI=1S/C18H16N2O3/c21-11-15-9-19-12-20(15)10-13-5-7-14(8-6-13)16-3-1-2-4-17(16)18(22)23/h1-9,12,21H,10-11H2,(H,22,23). The predicted octanol–water partition coefficient (Wildman–Crippen LogP) is 2.79. The maximum atomic E-state index is 11.3. The Morgan fingerprint density at radius 2 is 1.83 bits per heavy atom.